The van der Waals surface area contributed by atoms with Gasteiger partial charge < -0.3 is 20.8 Å². The van der Waals surface area contributed by atoms with Crippen LogP contribution in [0.25, 0.3) is 0 Å². The Morgan fingerprint density at radius 3 is 2.12 bits per heavy atom. The molecule has 1 rings (SSSR count). The van der Waals surface area contributed by atoms with Gasteiger partial charge in [0.15, 0.2) is 0 Å². The smallest absolute Gasteiger partial charge is 0.349 e. The number of hydrogen-bond acceptors (Lipinski definition) is 4. The molecule has 0 spiro atoms. The van der Waals surface area contributed by atoms with Crippen molar-refractivity contribution in [3.8, 4) is 5.75 Å². The highest BCUT2D eigenvalue weighted by atomic mass is 27.0. The monoisotopic (exact) mass is 243 g/mol. The van der Waals surface area contributed by atoms with E-state index in [0.29, 0.717) is 0 Å². The Balaban J connectivity index is -0.000000563. The van der Waals surface area contributed by atoms with Crippen LogP contribution < -0.4 is 0 Å². The molecule has 0 aliphatic carbocycles. The molecule has 0 fully saturated rings. The Morgan fingerprint density at radius 2 is 1.69 bits per heavy atom. The van der Waals surface area contributed by atoms with E-state index in [1.54, 1.807) is 12.1 Å². The molecular formula is C9H12AlO6. The first kappa shape index (κ1) is 20.1. The van der Waals surface area contributed by atoms with Crippen LogP contribution in [0.1, 0.15) is 17.3 Å². The SMILES string of the molecule is CC(=O)OC(=O)c1ccccc1O.O.O.[Al]. The number of esters is 2. The van der Waals surface area contributed by atoms with Crippen LogP contribution in [-0.2, 0) is 9.53 Å². The van der Waals surface area contributed by atoms with Crippen LogP contribution in [0.5, 0.6) is 5.75 Å². The molecule has 0 atom stereocenters. The van der Waals surface area contributed by atoms with Crippen molar-refractivity contribution in [1.82, 2.24) is 0 Å². The average molecular weight is 243 g/mol. The summed E-state index contributed by atoms with van der Waals surface area (Å²) in [5.41, 5.74) is -0.0160. The zero-order valence-electron chi connectivity index (χ0n) is 8.56. The molecule has 87 valence electrons. The highest BCUT2D eigenvalue weighted by Crippen LogP contribution is 2.16. The lowest BCUT2D eigenvalue weighted by Gasteiger charge is -2.01. The van der Waals surface area contributed by atoms with E-state index < -0.39 is 11.9 Å². The van der Waals surface area contributed by atoms with Gasteiger partial charge in [-0.1, -0.05) is 12.1 Å². The summed E-state index contributed by atoms with van der Waals surface area (Å²) in [7, 11) is 0. The number of carbonyl (C=O) groups is 2. The standard InChI is InChI=1S/C9H8O4.Al.2H2O/c1-6(10)13-9(12)7-4-2-3-5-8(7)11;;;/h2-5,11H,1H3;;2*1H2. The Bertz CT molecular complexity index is 352. The van der Waals surface area contributed by atoms with E-state index in [-0.39, 0.29) is 39.6 Å². The van der Waals surface area contributed by atoms with E-state index in [1.165, 1.54) is 12.1 Å². The molecule has 1 aromatic carbocycles. The molecule has 0 aromatic heterocycles. The summed E-state index contributed by atoms with van der Waals surface area (Å²) in [4.78, 5) is 21.5. The van der Waals surface area contributed by atoms with E-state index in [4.69, 9.17) is 0 Å². The third-order valence-corrected chi connectivity index (χ3v) is 1.36. The van der Waals surface area contributed by atoms with Gasteiger partial charge in [0.1, 0.15) is 11.3 Å². The number of hydrogen-bond donors (Lipinski definition) is 1. The summed E-state index contributed by atoms with van der Waals surface area (Å²) < 4.78 is 4.28. The van der Waals surface area contributed by atoms with Crippen molar-refractivity contribution in [2.24, 2.45) is 0 Å². The predicted octanol–water partition coefficient (Wildman–Crippen LogP) is -0.935. The molecule has 0 saturated carbocycles. The second-order valence-electron chi connectivity index (χ2n) is 2.40. The third kappa shape index (κ3) is 5.48. The number of carbonyl (C=O) groups excluding carboxylic acids is 2. The molecule has 0 saturated heterocycles. The number of benzene rings is 1. The highest BCUT2D eigenvalue weighted by molar-refractivity contribution is 5.98. The van der Waals surface area contributed by atoms with Crippen LogP contribution >= 0.6 is 0 Å². The first-order valence-electron chi connectivity index (χ1n) is 3.62. The maximum atomic E-state index is 11.1. The van der Waals surface area contributed by atoms with Gasteiger partial charge in [0.05, 0.1) is 0 Å². The minimum Gasteiger partial charge on any atom is -0.507 e. The van der Waals surface area contributed by atoms with Crippen LogP contribution in [0.15, 0.2) is 24.3 Å². The fourth-order valence-corrected chi connectivity index (χ4v) is 0.832. The molecule has 5 N–H and O–H groups in total. The van der Waals surface area contributed by atoms with E-state index in [2.05, 4.69) is 4.74 Å². The maximum Gasteiger partial charge on any atom is 0.349 e. The number of aromatic hydroxyl groups is 1. The van der Waals surface area contributed by atoms with Crippen molar-refractivity contribution in [2.45, 2.75) is 6.92 Å². The van der Waals surface area contributed by atoms with Gasteiger partial charge in [-0.15, -0.1) is 0 Å². The number of phenols is 1. The summed E-state index contributed by atoms with van der Waals surface area (Å²) >= 11 is 0. The minimum atomic E-state index is -0.842. The fraction of sp³-hybridized carbons (Fsp3) is 0.111. The van der Waals surface area contributed by atoms with E-state index >= 15 is 0 Å². The molecule has 6 nitrogen and oxygen atoms in total. The molecule has 3 radical (unpaired) electrons. The van der Waals surface area contributed by atoms with Crippen molar-refractivity contribution >= 4 is 29.3 Å². The molecule has 7 heteroatoms. The Labute approximate surface area is 103 Å². The van der Waals surface area contributed by atoms with Crippen LogP contribution in [0.3, 0.4) is 0 Å². The van der Waals surface area contributed by atoms with Crippen LogP contribution in [0, 0.1) is 0 Å². The largest absolute Gasteiger partial charge is 0.507 e. The Kier molecular flexibility index (Phi) is 11.1. The fourth-order valence-electron chi connectivity index (χ4n) is 0.832. The zero-order valence-corrected chi connectivity index (χ0v) is 9.71. The summed E-state index contributed by atoms with van der Waals surface area (Å²) in [6.45, 7) is 1.12. The molecule has 0 amide bonds. The molecule has 0 aliphatic heterocycles. The molecule has 16 heavy (non-hydrogen) atoms. The van der Waals surface area contributed by atoms with Crippen molar-refractivity contribution < 1.29 is 30.4 Å². The van der Waals surface area contributed by atoms with Crippen LogP contribution in [0.4, 0.5) is 0 Å². The van der Waals surface area contributed by atoms with E-state index in [9.17, 15) is 14.7 Å². The van der Waals surface area contributed by atoms with Gasteiger partial charge in [0, 0.05) is 24.3 Å². The van der Waals surface area contributed by atoms with E-state index in [0.717, 1.165) is 6.92 Å². The molecule has 0 bridgehead atoms. The lowest BCUT2D eigenvalue weighted by molar-refractivity contribution is -0.135. The first-order valence-corrected chi connectivity index (χ1v) is 3.62. The van der Waals surface area contributed by atoms with Gasteiger partial charge in [-0.3, -0.25) is 4.79 Å². The third-order valence-electron chi connectivity index (χ3n) is 1.36. The van der Waals surface area contributed by atoms with Crippen molar-refractivity contribution in [3.63, 3.8) is 0 Å². The highest BCUT2D eigenvalue weighted by Gasteiger charge is 2.12. The van der Waals surface area contributed by atoms with Crippen LogP contribution in [0.2, 0.25) is 0 Å². The van der Waals surface area contributed by atoms with Crippen molar-refractivity contribution in [2.75, 3.05) is 0 Å². The lowest BCUT2D eigenvalue weighted by atomic mass is 10.2. The maximum absolute atomic E-state index is 11.1. The predicted molar refractivity (Wildman–Crippen MR) is 57.2 cm³/mol. The second kappa shape index (κ2) is 8.88. The van der Waals surface area contributed by atoms with Gasteiger partial charge in [-0.25, -0.2) is 4.79 Å². The summed E-state index contributed by atoms with van der Waals surface area (Å²) in [6.07, 6.45) is 0. The molecule has 0 aliphatic rings. The number of para-hydroxylation sites is 1. The molecule has 0 heterocycles. The summed E-state index contributed by atoms with van der Waals surface area (Å²) in [6, 6.07) is 5.85. The molecular weight excluding hydrogens is 231 g/mol. The van der Waals surface area contributed by atoms with Gasteiger partial charge in [-0.2, -0.15) is 0 Å². The van der Waals surface area contributed by atoms with Crippen molar-refractivity contribution in [3.05, 3.63) is 29.8 Å². The van der Waals surface area contributed by atoms with Gasteiger partial charge in [0.25, 0.3) is 0 Å². The van der Waals surface area contributed by atoms with Gasteiger partial charge >= 0.3 is 11.9 Å². The zero-order chi connectivity index (χ0) is 9.84. The molecule has 1 aromatic rings. The summed E-state index contributed by atoms with van der Waals surface area (Å²) in [5, 5.41) is 9.18. The first-order chi connectivity index (χ1) is 6.11. The van der Waals surface area contributed by atoms with Crippen LogP contribution in [-0.4, -0.2) is 45.4 Å². The number of phenolic OH excluding ortho intramolecular Hbond substituents is 1. The Hall–Kier alpha value is -1.39. The average Bonchev–Trinajstić information content (AvgIpc) is 2.03. The van der Waals surface area contributed by atoms with Crippen molar-refractivity contribution in [1.29, 1.82) is 0 Å². The number of ether oxygens (including phenoxy) is 1. The lowest BCUT2D eigenvalue weighted by Crippen LogP contribution is -2.09. The Morgan fingerprint density at radius 1 is 1.19 bits per heavy atom. The topological polar surface area (TPSA) is 127 Å². The summed E-state index contributed by atoms with van der Waals surface area (Å²) in [5.74, 6) is -1.74. The second-order valence-corrected chi connectivity index (χ2v) is 2.40. The van der Waals surface area contributed by atoms with E-state index in [1.807, 2.05) is 0 Å². The quantitative estimate of drug-likeness (QED) is 0.388. The van der Waals surface area contributed by atoms with Gasteiger partial charge in [-0.05, 0) is 12.1 Å². The number of rotatable bonds is 1. The normalized spacial score (nSPS) is 7.56. The van der Waals surface area contributed by atoms with Gasteiger partial charge in [0.2, 0.25) is 0 Å². The molecule has 0 unspecified atom stereocenters. The minimum absolute atomic E-state index is 0.